The first-order valence-corrected chi connectivity index (χ1v) is 6.66. The molecule has 6 N–H and O–H groups in total. The number of rotatable bonds is 5. The third kappa shape index (κ3) is 4.50. The van der Waals surface area contributed by atoms with Crippen molar-refractivity contribution in [2.45, 2.75) is 26.3 Å². The van der Waals surface area contributed by atoms with Gasteiger partial charge in [0, 0.05) is 5.54 Å². The summed E-state index contributed by atoms with van der Waals surface area (Å²) in [6.45, 7) is 6.11. The van der Waals surface area contributed by atoms with Gasteiger partial charge in [-0.2, -0.15) is 0 Å². The predicted molar refractivity (Wildman–Crippen MR) is 86.6 cm³/mol. The number of para-hydroxylation sites is 1. The van der Waals surface area contributed by atoms with Gasteiger partial charge >= 0.3 is 0 Å². The maximum atomic E-state index is 6.05. The molecule has 112 valence electrons. The van der Waals surface area contributed by atoms with E-state index in [9.17, 15) is 0 Å². The zero-order valence-corrected chi connectivity index (χ0v) is 12.4. The molecule has 2 aromatic rings. The van der Waals surface area contributed by atoms with Crippen LogP contribution in [-0.2, 0) is 0 Å². The second-order valence-electron chi connectivity index (χ2n) is 5.60. The van der Waals surface area contributed by atoms with Gasteiger partial charge < -0.3 is 11.2 Å². The van der Waals surface area contributed by atoms with E-state index < -0.39 is 0 Å². The van der Waals surface area contributed by atoms with E-state index >= 15 is 0 Å². The SMILES string of the molecule is CC(C)(C)NNc1ncnc(NNc2ccccc2)c1N. The number of nitrogens with two attached hydrogens (primary N) is 1. The van der Waals surface area contributed by atoms with Crippen molar-refractivity contribution in [1.29, 1.82) is 0 Å². The molecule has 21 heavy (non-hydrogen) atoms. The molecule has 0 saturated carbocycles. The fraction of sp³-hybridized carbons (Fsp3) is 0.286. The summed E-state index contributed by atoms with van der Waals surface area (Å²) in [6.07, 6.45) is 1.44. The fourth-order valence-electron chi connectivity index (χ4n) is 1.49. The number of nitrogens with one attached hydrogen (secondary N) is 4. The summed E-state index contributed by atoms with van der Waals surface area (Å²) in [7, 11) is 0. The molecule has 0 saturated heterocycles. The first-order chi connectivity index (χ1) is 9.96. The fourth-order valence-corrected chi connectivity index (χ4v) is 1.49. The largest absolute Gasteiger partial charge is 0.393 e. The maximum absolute atomic E-state index is 6.05. The standard InChI is InChI=1S/C14H21N7/c1-14(2,3)21-20-13-11(15)12(16-9-17-13)19-18-10-7-5-4-6-8-10/h4-9,18,21H,15H2,1-3H3,(H2,16,17,19,20). The lowest BCUT2D eigenvalue weighted by atomic mass is 10.1. The van der Waals surface area contributed by atoms with Gasteiger partial charge in [-0.25, -0.2) is 15.4 Å². The van der Waals surface area contributed by atoms with Crippen molar-refractivity contribution in [2.24, 2.45) is 0 Å². The predicted octanol–water partition coefficient (Wildman–Crippen LogP) is 2.21. The molecule has 0 aliphatic rings. The first kappa shape index (κ1) is 14.9. The van der Waals surface area contributed by atoms with Gasteiger partial charge in [0.1, 0.15) is 12.0 Å². The molecule has 0 aliphatic heterocycles. The van der Waals surface area contributed by atoms with E-state index in [0.29, 0.717) is 17.3 Å². The normalized spacial score (nSPS) is 11.0. The van der Waals surface area contributed by atoms with Crippen LogP contribution in [0.25, 0.3) is 0 Å². The molecular weight excluding hydrogens is 266 g/mol. The van der Waals surface area contributed by atoms with Crippen LogP contribution >= 0.6 is 0 Å². The van der Waals surface area contributed by atoms with Crippen LogP contribution in [0.4, 0.5) is 23.0 Å². The average molecular weight is 287 g/mol. The summed E-state index contributed by atoms with van der Waals surface area (Å²) < 4.78 is 0. The number of anilines is 4. The van der Waals surface area contributed by atoms with Crippen molar-refractivity contribution in [3.8, 4) is 0 Å². The van der Waals surface area contributed by atoms with E-state index in [-0.39, 0.29) is 5.54 Å². The van der Waals surface area contributed by atoms with Crippen LogP contribution in [0.3, 0.4) is 0 Å². The van der Waals surface area contributed by atoms with Crippen molar-refractivity contribution >= 4 is 23.0 Å². The van der Waals surface area contributed by atoms with Gasteiger partial charge in [0.05, 0.1) is 5.69 Å². The van der Waals surface area contributed by atoms with Crippen LogP contribution in [0.15, 0.2) is 36.7 Å². The third-order valence-corrected chi connectivity index (χ3v) is 2.54. The van der Waals surface area contributed by atoms with E-state index in [0.717, 1.165) is 5.69 Å². The molecule has 0 atom stereocenters. The minimum Gasteiger partial charge on any atom is -0.393 e. The highest BCUT2D eigenvalue weighted by Crippen LogP contribution is 2.22. The van der Waals surface area contributed by atoms with Crippen molar-refractivity contribution in [1.82, 2.24) is 15.4 Å². The zero-order chi connectivity index (χ0) is 15.3. The number of benzene rings is 1. The van der Waals surface area contributed by atoms with E-state index in [4.69, 9.17) is 5.73 Å². The average Bonchev–Trinajstić information content (AvgIpc) is 2.45. The number of hydrogen-bond acceptors (Lipinski definition) is 7. The summed E-state index contributed by atoms with van der Waals surface area (Å²) in [6, 6.07) is 9.70. The molecule has 0 fully saturated rings. The summed E-state index contributed by atoms with van der Waals surface area (Å²) >= 11 is 0. The second kappa shape index (κ2) is 6.27. The molecule has 0 aliphatic carbocycles. The van der Waals surface area contributed by atoms with E-state index in [1.165, 1.54) is 6.33 Å². The number of nitrogens with zero attached hydrogens (tertiary/aromatic N) is 2. The number of aromatic nitrogens is 2. The van der Waals surface area contributed by atoms with Gasteiger partial charge in [-0.1, -0.05) is 18.2 Å². The Labute approximate surface area is 124 Å². The molecule has 0 unspecified atom stereocenters. The van der Waals surface area contributed by atoms with Crippen molar-refractivity contribution in [3.05, 3.63) is 36.7 Å². The molecule has 0 bridgehead atoms. The molecule has 0 amide bonds. The van der Waals surface area contributed by atoms with Crippen molar-refractivity contribution < 1.29 is 0 Å². The maximum Gasteiger partial charge on any atom is 0.173 e. The molecule has 1 heterocycles. The molecule has 1 aromatic carbocycles. The Hall–Kier alpha value is -2.54. The first-order valence-electron chi connectivity index (χ1n) is 6.66. The van der Waals surface area contributed by atoms with Gasteiger partial charge in [0.2, 0.25) is 0 Å². The summed E-state index contributed by atoms with van der Waals surface area (Å²) in [5, 5.41) is 0. The smallest absolute Gasteiger partial charge is 0.173 e. The van der Waals surface area contributed by atoms with Gasteiger partial charge in [0.15, 0.2) is 11.6 Å². The molecule has 7 nitrogen and oxygen atoms in total. The zero-order valence-electron chi connectivity index (χ0n) is 12.4. The quantitative estimate of drug-likeness (QED) is 0.538. The van der Waals surface area contributed by atoms with Crippen LogP contribution in [-0.4, -0.2) is 15.5 Å². The Morgan fingerprint density at radius 3 is 2.14 bits per heavy atom. The van der Waals surface area contributed by atoms with Gasteiger partial charge in [0.25, 0.3) is 0 Å². The Morgan fingerprint density at radius 1 is 0.905 bits per heavy atom. The number of hydrazine groups is 2. The highest BCUT2D eigenvalue weighted by molar-refractivity contribution is 5.74. The molecule has 7 heteroatoms. The molecule has 0 spiro atoms. The van der Waals surface area contributed by atoms with Crippen molar-refractivity contribution in [3.63, 3.8) is 0 Å². The lowest BCUT2D eigenvalue weighted by Crippen LogP contribution is -2.40. The monoisotopic (exact) mass is 287 g/mol. The molecule has 1 aromatic heterocycles. The summed E-state index contributed by atoms with van der Waals surface area (Å²) in [5.41, 5.74) is 19.4. The highest BCUT2D eigenvalue weighted by Gasteiger charge is 2.12. The van der Waals surface area contributed by atoms with Gasteiger partial charge in [-0.05, 0) is 32.9 Å². The lowest BCUT2D eigenvalue weighted by molar-refractivity contribution is 0.464. The van der Waals surface area contributed by atoms with Crippen LogP contribution in [0.1, 0.15) is 20.8 Å². The van der Waals surface area contributed by atoms with Crippen molar-refractivity contribution in [2.75, 3.05) is 22.0 Å². The van der Waals surface area contributed by atoms with Gasteiger partial charge in [-0.3, -0.25) is 10.9 Å². The Bertz CT molecular complexity index is 578. The van der Waals surface area contributed by atoms with Crippen LogP contribution < -0.4 is 27.4 Å². The molecular formula is C14H21N7. The molecule has 0 radical (unpaired) electrons. The molecule has 2 rings (SSSR count). The Balaban J connectivity index is 2.03. The number of nitrogen functional groups attached to an aromatic ring is 1. The summed E-state index contributed by atoms with van der Waals surface area (Å²) in [5.74, 6) is 1.03. The Morgan fingerprint density at radius 2 is 1.52 bits per heavy atom. The van der Waals surface area contributed by atoms with E-state index in [2.05, 4.69) is 31.7 Å². The third-order valence-electron chi connectivity index (χ3n) is 2.54. The van der Waals surface area contributed by atoms with Crippen LogP contribution in [0.2, 0.25) is 0 Å². The number of hydrogen-bond donors (Lipinski definition) is 5. The topological polar surface area (TPSA) is 99.9 Å². The second-order valence-corrected chi connectivity index (χ2v) is 5.60. The minimum absolute atomic E-state index is 0.104. The van der Waals surface area contributed by atoms with Crippen LogP contribution in [0.5, 0.6) is 0 Å². The highest BCUT2D eigenvalue weighted by atomic mass is 15.4. The van der Waals surface area contributed by atoms with E-state index in [1.54, 1.807) is 0 Å². The van der Waals surface area contributed by atoms with E-state index in [1.807, 2.05) is 51.1 Å². The van der Waals surface area contributed by atoms with Gasteiger partial charge in [-0.15, -0.1) is 0 Å². The van der Waals surface area contributed by atoms with Crippen LogP contribution in [0, 0.1) is 0 Å². The minimum atomic E-state index is -0.104. The Kier molecular flexibility index (Phi) is 4.44. The summed E-state index contributed by atoms with van der Waals surface area (Å²) in [4.78, 5) is 8.24. The lowest BCUT2D eigenvalue weighted by Gasteiger charge is -2.22.